The molecular weight excluding hydrogens is 392 g/mol. The summed E-state index contributed by atoms with van der Waals surface area (Å²) in [6.45, 7) is 1.96. The Morgan fingerprint density at radius 2 is 1.76 bits per heavy atom. The average Bonchev–Trinajstić information content (AvgIpc) is 3.43. The van der Waals surface area contributed by atoms with Crippen molar-refractivity contribution in [3.63, 3.8) is 0 Å². The van der Waals surface area contributed by atoms with E-state index in [0.717, 1.165) is 17.0 Å². The molecule has 10 heteroatoms. The highest BCUT2D eigenvalue weighted by molar-refractivity contribution is 7.99. The molecule has 0 saturated carbocycles. The lowest BCUT2D eigenvalue weighted by Gasteiger charge is -2.10. The van der Waals surface area contributed by atoms with Crippen LogP contribution in [0.5, 0.6) is 11.5 Å². The van der Waals surface area contributed by atoms with E-state index in [2.05, 4.69) is 25.7 Å². The van der Waals surface area contributed by atoms with Gasteiger partial charge in [-0.3, -0.25) is 0 Å². The van der Waals surface area contributed by atoms with Crippen molar-refractivity contribution in [2.24, 2.45) is 0 Å². The van der Waals surface area contributed by atoms with Crippen LogP contribution >= 0.6 is 11.8 Å². The Kier molecular flexibility index (Phi) is 5.43. The highest BCUT2D eigenvalue weighted by Gasteiger charge is 2.21. The fourth-order valence-corrected chi connectivity index (χ4v) is 3.50. The van der Waals surface area contributed by atoms with Crippen LogP contribution in [0.1, 0.15) is 18.1 Å². The molecule has 0 aliphatic rings. The Hall–Kier alpha value is -3.40. The van der Waals surface area contributed by atoms with E-state index in [1.165, 1.54) is 11.8 Å². The zero-order valence-electron chi connectivity index (χ0n) is 16.0. The molecule has 4 aromatic rings. The van der Waals surface area contributed by atoms with Crippen LogP contribution in [0.4, 0.5) is 0 Å². The molecule has 148 valence electrons. The van der Waals surface area contributed by atoms with Crippen molar-refractivity contribution in [2.75, 3.05) is 14.2 Å². The fourth-order valence-electron chi connectivity index (χ4n) is 2.67. The zero-order chi connectivity index (χ0) is 20.2. The minimum Gasteiger partial charge on any atom is -0.497 e. The standard InChI is InChI=1S/C19H18N6O3S/c1-12(17-20-21-18(28-17)13-8-10-14(26-2)11-9-13)29-19-22-23-24-25(19)15-6-4-5-7-16(15)27-3/h4-12H,1-3H3/t12-/m1/s1. The van der Waals surface area contributed by atoms with Crippen molar-refractivity contribution >= 4 is 11.8 Å². The van der Waals surface area contributed by atoms with Crippen molar-refractivity contribution < 1.29 is 13.9 Å². The van der Waals surface area contributed by atoms with Gasteiger partial charge >= 0.3 is 0 Å². The first-order valence-electron chi connectivity index (χ1n) is 8.76. The minimum atomic E-state index is -0.158. The van der Waals surface area contributed by atoms with Crippen LogP contribution in [0.2, 0.25) is 0 Å². The predicted molar refractivity (Wildman–Crippen MR) is 106 cm³/mol. The van der Waals surface area contributed by atoms with Crippen LogP contribution in [0.3, 0.4) is 0 Å². The van der Waals surface area contributed by atoms with Crippen molar-refractivity contribution in [3.8, 4) is 28.6 Å². The quantitative estimate of drug-likeness (QED) is 0.423. The molecule has 9 nitrogen and oxygen atoms in total. The van der Waals surface area contributed by atoms with Gasteiger partial charge in [-0.25, -0.2) is 0 Å². The second-order valence-corrected chi connectivity index (χ2v) is 7.29. The molecule has 0 saturated heterocycles. The summed E-state index contributed by atoms with van der Waals surface area (Å²) < 4.78 is 18.1. The van der Waals surface area contributed by atoms with E-state index < -0.39 is 0 Å². The van der Waals surface area contributed by atoms with Gasteiger partial charge in [0.15, 0.2) is 0 Å². The third kappa shape index (κ3) is 3.92. The van der Waals surface area contributed by atoms with Gasteiger partial charge in [0.2, 0.25) is 16.9 Å². The summed E-state index contributed by atoms with van der Waals surface area (Å²) in [6.07, 6.45) is 0. The molecule has 2 heterocycles. The van der Waals surface area contributed by atoms with Crippen LogP contribution in [0.15, 0.2) is 58.1 Å². The van der Waals surface area contributed by atoms with Crippen LogP contribution in [-0.4, -0.2) is 44.6 Å². The largest absolute Gasteiger partial charge is 0.497 e. The van der Waals surface area contributed by atoms with E-state index in [-0.39, 0.29) is 5.25 Å². The molecule has 0 unspecified atom stereocenters. The second-order valence-electron chi connectivity index (χ2n) is 5.98. The summed E-state index contributed by atoms with van der Waals surface area (Å²) in [5.41, 5.74) is 1.57. The van der Waals surface area contributed by atoms with Crippen molar-refractivity contribution in [3.05, 3.63) is 54.4 Å². The Balaban J connectivity index is 1.54. The Morgan fingerprint density at radius 3 is 2.52 bits per heavy atom. The number of ether oxygens (including phenoxy) is 2. The SMILES string of the molecule is COc1ccc(-c2nnc([C@@H](C)Sc3nnnn3-c3ccccc3OC)o2)cc1. The number of aromatic nitrogens is 6. The molecule has 29 heavy (non-hydrogen) atoms. The van der Waals surface area contributed by atoms with E-state index in [9.17, 15) is 0 Å². The van der Waals surface area contributed by atoms with Crippen molar-refractivity contribution in [1.82, 2.24) is 30.4 Å². The Labute approximate surface area is 171 Å². The van der Waals surface area contributed by atoms with Gasteiger partial charge in [-0.05, 0) is 53.7 Å². The lowest BCUT2D eigenvalue weighted by molar-refractivity contribution is 0.410. The van der Waals surface area contributed by atoms with Gasteiger partial charge in [-0.1, -0.05) is 23.9 Å². The number of tetrazole rings is 1. The maximum absolute atomic E-state index is 5.86. The van der Waals surface area contributed by atoms with Gasteiger partial charge in [0, 0.05) is 5.56 Å². The number of methoxy groups -OCH3 is 2. The Morgan fingerprint density at radius 1 is 0.966 bits per heavy atom. The number of rotatable bonds is 7. The van der Waals surface area contributed by atoms with E-state index in [1.807, 2.05) is 55.5 Å². The summed E-state index contributed by atoms with van der Waals surface area (Å²) in [6, 6.07) is 15.0. The zero-order valence-corrected chi connectivity index (χ0v) is 16.8. The van der Waals surface area contributed by atoms with Gasteiger partial charge in [-0.2, -0.15) is 4.68 Å². The smallest absolute Gasteiger partial charge is 0.247 e. The lowest BCUT2D eigenvalue weighted by Crippen LogP contribution is -2.02. The first kappa shape index (κ1) is 18.9. The normalized spacial score (nSPS) is 12.0. The number of thioether (sulfide) groups is 1. The van der Waals surface area contributed by atoms with E-state index in [0.29, 0.717) is 22.7 Å². The van der Waals surface area contributed by atoms with Gasteiger partial charge in [-0.15, -0.1) is 15.3 Å². The van der Waals surface area contributed by atoms with Crippen LogP contribution in [0.25, 0.3) is 17.1 Å². The van der Waals surface area contributed by atoms with Gasteiger partial charge in [0.1, 0.15) is 17.2 Å². The summed E-state index contributed by atoms with van der Waals surface area (Å²) in [4.78, 5) is 0. The minimum absolute atomic E-state index is 0.158. The molecule has 0 N–H and O–H groups in total. The van der Waals surface area contributed by atoms with Crippen molar-refractivity contribution in [2.45, 2.75) is 17.3 Å². The third-order valence-electron chi connectivity index (χ3n) is 4.16. The van der Waals surface area contributed by atoms with Gasteiger partial charge in [0.25, 0.3) is 0 Å². The van der Waals surface area contributed by atoms with Gasteiger partial charge < -0.3 is 13.9 Å². The summed E-state index contributed by atoms with van der Waals surface area (Å²) in [5, 5.41) is 20.8. The molecule has 0 spiro atoms. The second kappa shape index (κ2) is 8.31. The highest BCUT2D eigenvalue weighted by Crippen LogP contribution is 2.35. The maximum Gasteiger partial charge on any atom is 0.247 e. The number of nitrogens with zero attached hydrogens (tertiary/aromatic N) is 6. The maximum atomic E-state index is 5.86. The molecule has 0 amide bonds. The molecule has 0 bridgehead atoms. The van der Waals surface area contributed by atoms with Crippen LogP contribution < -0.4 is 9.47 Å². The number of benzene rings is 2. The number of para-hydroxylation sites is 2. The molecule has 0 aliphatic heterocycles. The number of hydrogen-bond acceptors (Lipinski definition) is 9. The molecule has 2 aromatic heterocycles. The molecule has 4 rings (SSSR count). The molecule has 1 atom stereocenters. The van der Waals surface area contributed by atoms with Crippen LogP contribution in [-0.2, 0) is 0 Å². The number of hydrogen-bond donors (Lipinski definition) is 0. The fraction of sp³-hybridized carbons (Fsp3) is 0.211. The van der Waals surface area contributed by atoms with Crippen molar-refractivity contribution in [1.29, 1.82) is 0 Å². The van der Waals surface area contributed by atoms with E-state index >= 15 is 0 Å². The lowest BCUT2D eigenvalue weighted by atomic mass is 10.2. The summed E-state index contributed by atoms with van der Waals surface area (Å²) in [7, 11) is 3.23. The summed E-state index contributed by atoms with van der Waals surface area (Å²) in [5.74, 6) is 2.37. The first-order valence-corrected chi connectivity index (χ1v) is 9.64. The monoisotopic (exact) mass is 410 g/mol. The first-order chi connectivity index (χ1) is 14.2. The molecule has 0 fully saturated rings. The van der Waals surface area contributed by atoms with Crippen LogP contribution in [0, 0.1) is 0 Å². The predicted octanol–water partition coefficient (Wildman–Crippen LogP) is 3.58. The average molecular weight is 410 g/mol. The molecule has 0 radical (unpaired) electrons. The molecular formula is C19H18N6O3S. The summed E-state index contributed by atoms with van der Waals surface area (Å²) >= 11 is 1.41. The topological polar surface area (TPSA) is 101 Å². The highest BCUT2D eigenvalue weighted by atomic mass is 32.2. The Bertz CT molecular complexity index is 1100. The van der Waals surface area contributed by atoms with E-state index in [1.54, 1.807) is 18.9 Å². The molecule has 2 aromatic carbocycles. The van der Waals surface area contributed by atoms with Gasteiger partial charge in [0.05, 0.1) is 19.5 Å². The third-order valence-corrected chi connectivity index (χ3v) is 5.18. The van der Waals surface area contributed by atoms with E-state index in [4.69, 9.17) is 13.9 Å². The molecule has 0 aliphatic carbocycles.